The smallest absolute Gasteiger partial charge is 0.264 e. The zero-order chi connectivity index (χ0) is 19.9. The SMILES string of the molecule is CCCCc1ccc(N=C2NC(=O)C(=Cc3ccc(O)c(OCC)c3)S2)cc1. The van der Waals surface area contributed by atoms with Crippen molar-refractivity contribution in [3.63, 3.8) is 0 Å². The molecule has 0 radical (unpaired) electrons. The van der Waals surface area contributed by atoms with Gasteiger partial charge in [0.2, 0.25) is 0 Å². The number of nitrogens with zero attached hydrogens (tertiary/aromatic N) is 1. The molecular weight excluding hydrogens is 372 g/mol. The Morgan fingerprint density at radius 1 is 1.18 bits per heavy atom. The zero-order valence-corrected chi connectivity index (χ0v) is 16.9. The molecule has 2 N–H and O–H groups in total. The van der Waals surface area contributed by atoms with E-state index in [1.807, 2.05) is 19.1 Å². The van der Waals surface area contributed by atoms with Gasteiger partial charge in [-0.05, 0) is 73.0 Å². The van der Waals surface area contributed by atoms with Crippen molar-refractivity contribution in [2.45, 2.75) is 33.1 Å². The van der Waals surface area contributed by atoms with E-state index in [1.165, 1.54) is 30.2 Å². The predicted molar refractivity (Wildman–Crippen MR) is 115 cm³/mol. The highest BCUT2D eigenvalue weighted by molar-refractivity contribution is 8.18. The summed E-state index contributed by atoms with van der Waals surface area (Å²) in [6.45, 7) is 4.49. The van der Waals surface area contributed by atoms with Crippen molar-refractivity contribution in [2.24, 2.45) is 4.99 Å². The minimum atomic E-state index is -0.186. The third-order valence-electron chi connectivity index (χ3n) is 4.22. The molecule has 0 aromatic heterocycles. The van der Waals surface area contributed by atoms with Crippen LogP contribution in [-0.4, -0.2) is 22.8 Å². The predicted octanol–water partition coefficient (Wildman–Crippen LogP) is 5.03. The van der Waals surface area contributed by atoms with Gasteiger partial charge >= 0.3 is 0 Å². The number of hydrogen-bond acceptors (Lipinski definition) is 5. The number of ether oxygens (including phenoxy) is 1. The first-order valence-corrected chi connectivity index (χ1v) is 10.2. The van der Waals surface area contributed by atoms with Crippen LogP contribution >= 0.6 is 11.8 Å². The van der Waals surface area contributed by atoms with E-state index in [9.17, 15) is 9.90 Å². The largest absolute Gasteiger partial charge is 0.504 e. The minimum absolute atomic E-state index is 0.0807. The Morgan fingerprint density at radius 3 is 2.68 bits per heavy atom. The van der Waals surface area contributed by atoms with Crippen LogP contribution in [0.3, 0.4) is 0 Å². The molecule has 0 atom stereocenters. The maximum atomic E-state index is 12.3. The summed E-state index contributed by atoms with van der Waals surface area (Å²) in [5, 5.41) is 13.2. The summed E-state index contributed by atoms with van der Waals surface area (Å²) >= 11 is 1.30. The first kappa shape index (κ1) is 20.0. The average Bonchev–Trinajstić information content (AvgIpc) is 3.03. The lowest BCUT2D eigenvalue weighted by atomic mass is 10.1. The molecule has 1 saturated heterocycles. The van der Waals surface area contributed by atoms with Crippen molar-refractivity contribution in [3.05, 3.63) is 58.5 Å². The summed E-state index contributed by atoms with van der Waals surface area (Å²) in [5.41, 5.74) is 2.89. The molecule has 28 heavy (non-hydrogen) atoms. The molecule has 0 spiro atoms. The Hall–Kier alpha value is -2.73. The molecule has 5 nitrogen and oxygen atoms in total. The number of amidine groups is 1. The monoisotopic (exact) mass is 396 g/mol. The van der Waals surface area contributed by atoms with Crippen LogP contribution in [0.15, 0.2) is 52.4 Å². The third kappa shape index (κ3) is 5.16. The number of aromatic hydroxyl groups is 1. The van der Waals surface area contributed by atoms with E-state index in [2.05, 4.69) is 29.4 Å². The maximum absolute atomic E-state index is 12.3. The molecule has 1 fully saturated rings. The van der Waals surface area contributed by atoms with E-state index in [0.29, 0.717) is 22.4 Å². The van der Waals surface area contributed by atoms with Gasteiger partial charge < -0.3 is 15.2 Å². The number of aryl methyl sites for hydroxylation is 1. The summed E-state index contributed by atoms with van der Waals surface area (Å²) in [4.78, 5) is 17.3. The Balaban J connectivity index is 1.73. The summed E-state index contributed by atoms with van der Waals surface area (Å²) in [6, 6.07) is 13.1. The fraction of sp³-hybridized carbons (Fsp3) is 0.273. The number of phenols is 1. The fourth-order valence-electron chi connectivity index (χ4n) is 2.76. The number of unbranched alkanes of at least 4 members (excludes halogenated alkanes) is 1. The number of amides is 1. The van der Waals surface area contributed by atoms with E-state index in [0.717, 1.165) is 17.7 Å². The van der Waals surface area contributed by atoms with Gasteiger partial charge in [0, 0.05) is 0 Å². The highest BCUT2D eigenvalue weighted by Gasteiger charge is 2.24. The molecule has 1 amide bonds. The van der Waals surface area contributed by atoms with Gasteiger partial charge in [0.25, 0.3) is 5.91 Å². The lowest BCUT2D eigenvalue weighted by Gasteiger charge is -2.06. The molecule has 3 rings (SSSR count). The number of aliphatic imine (C=N–C) groups is 1. The molecule has 1 aliphatic heterocycles. The molecule has 0 unspecified atom stereocenters. The van der Waals surface area contributed by atoms with Gasteiger partial charge in [-0.2, -0.15) is 0 Å². The highest BCUT2D eigenvalue weighted by Crippen LogP contribution is 2.31. The maximum Gasteiger partial charge on any atom is 0.264 e. The van der Waals surface area contributed by atoms with Crippen molar-refractivity contribution in [1.29, 1.82) is 0 Å². The van der Waals surface area contributed by atoms with Crippen molar-refractivity contribution >= 4 is 34.6 Å². The van der Waals surface area contributed by atoms with Gasteiger partial charge in [-0.15, -0.1) is 0 Å². The Morgan fingerprint density at radius 2 is 1.96 bits per heavy atom. The molecular formula is C22H24N2O3S. The van der Waals surface area contributed by atoms with Gasteiger partial charge in [0.15, 0.2) is 16.7 Å². The number of phenolic OH excluding ortho intramolecular Hbond substituents is 1. The molecule has 6 heteroatoms. The number of carbonyl (C=O) groups is 1. The number of hydrogen-bond donors (Lipinski definition) is 2. The topological polar surface area (TPSA) is 70.9 Å². The highest BCUT2D eigenvalue weighted by atomic mass is 32.2. The van der Waals surface area contributed by atoms with Crippen molar-refractivity contribution in [3.8, 4) is 11.5 Å². The summed E-state index contributed by atoms with van der Waals surface area (Å²) < 4.78 is 5.39. The lowest BCUT2D eigenvalue weighted by molar-refractivity contribution is -0.115. The van der Waals surface area contributed by atoms with E-state index in [-0.39, 0.29) is 11.7 Å². The Bertz CT molecular complexity index is 904. The van der Waals surface area contributed by atoms with Gasteiger partial charge in [-0.3, -0.25) is 4.79 Å². The molecule has 0 aliphatic carbocycles. The van der Waals surface area contributed by atoms with Crippen LogP contribution in [0, 0.1) is 0 Å². The van der Waals surface area contributed by atoms with Crippen LogP contribution < -0.4 is 10.1 Å². The lowest BCUT2D eigenvalue weighted by Crippen LogP contribution is -2.19. The molecule has 0 saturated carbocycles. The normalized spacial score (nSPS) is 16.6. The first-order chi connectivity index (χ1) is 13.6. The summed E-state index contributed by atoms with van der Waals surface area (Å²) in [5.74, 6) is 0.295. The molecule has 0 bridgehead atoms. The first-order valence-electron chi connectivity index (χ1n) is 9.43. The second-order valence-electron chi connectivity index (χ2n) is 6.41. The Labute approximate surface area is 169 Å². The number of carbonyl (C=O) groups excluding carboxylic acids is 1. The molecule has 2 aromatic rings. The van der Waals surface area contributed by atoms with Gasteiger partial charge in [0.1, 0.15) is 0 Å². The van der Waals surface area contributed by atoms with Crippen LogP contribution in [0.1, 0.15) is 37.8 Å². The van der Waals surface area contributed by atoms with Crippen LogP contribution in [0.4, 0.5) is 5.69 Å². The van der Waals surface area contributed by atoms with E-state index >= 15 is 0 Å². The molecule has 1 aliphatic rings. The van der Waals surface area contributed by atoms with E-state index < -0.39 is 0 Å². The minimum Gasteiger partial charge on any atom is -0.504 e. The second kappa shape index (κ2) is 9.46. The third-order valence-corrected chi connectivity index (χ3v) is 5.13. The summed E-state index contributed by atoms with van der Waals surface area (Å²) in [6.07, 6.45) is 5.19. The van der Waals surface area contributed by atoms with Crippen molar-refractivity contribution < 1.29 is 14.6 Å². The van der Waals surface area contributed by atoms with Gasteiger partial charge in [-0.25, -0.2) is 4.99 Å². The molecule has 146 valence electrons. The van der Waals surface area contributed by atoms with Crippen molar-refractivity contribution in [1.82, 2.24) is 5.32 Å². The van der Waals surface area contributed by atoms with Crippen molar-refractivity contribution in [2.75, 3.05) is 6.61 Å². The standard InChI is InChI=1S/C22H24N2O3S/c1-3-5-6-15-7-10-17(11-8-15)23-22-24-21(26)20(28-22)14-16-9-12-18(25)19(13-16)27-4-2/h7-14,25H,3-6H2,1-2H3,(H,23,24,26). The summed E-state index contributed by atoms with van der Waals surface area (Å²) in [7, 11) is 0. The van der Waals surface area contributed by atoms with Crippen LogP contribution in [0.5, 0.6) is 11.5 Å². The zero-order valence-electron chi connectivity index (χ0n) is 16.1. The van der Waals surface area contributed by atoms with Crippen LogP contribution in [-0.2, 0) is 11.2 Å². The van der Waals surface area contributed by atoms with Crippen LogP contribution in [0.2, 0.25) is 0 Å². The molecule has 2 aromatic carbocycles. The second-order valence-corrected chi connectivity index (χ2v) is 7.44. The fourth-order valence-corrected chi connectivity index (χ4v) is 3.60. The number of rotatable bonds is 7. The quantitative estimate of drug-likeness (QED) is 0.644. The van der Waals surface area contributed by atoms with Gasteiger partial charge in [-0.1, -0.05) is 31.5 Å². The van der Waals surface area contributed by atoms with E-state index in [1.54, 1.807) is 24.3 Å². The average molecular weight is 397 g/mol. The number of nitrogens with one attached hydrogen (secondary N) is 1. The van der Waals surface area contributed by atoms with Crippen LogP contribution in [0.25, 0.3) is 6.08 Å². The van der Waals surface area contributed by atoms with E-state index in [4.69, 9.17) is 4.74 Å². The molecule has 1 heterocycles. The Kier molecular flexibility index (Phi) is 6.76. The number of benzene rings is 2. The van der Waals surface area contributed by atoms with Gasteiger partial charge in [0.05, 0.1) is 17.2 Å². The number of thioether (sulfide) groups is 1.